The first-order valence-corrected chi connectivity index (χ1v) is 6.96. The van der Waals surface area contributed by atoms with Gasteiger partial charge in [0.05, 0.1) is 5.92 Å². The summed E-state index contributed by atoms with van der Waals surface area (Å²) in [6.45, 7) is 1.90. The zero-order chi connectivity index (χ0) is 12.1. The maximum atomic E-state index is 11.7. The minimum Gasteiger partial charge on any atom is -0.481 e. The van der Waals surface area contributed by atoms with Crippen molar-refractivity contribution in [3.05, 3.63) is 0 Å². The Kier molecular flexibility index (Phi) is 5.12. The highest BCUT2D eigenvalue weighted by Crippen LogP contribution is 2.25. The largest absolute Gasteiger partial charge is 0.481 e. The van der Waals surface area contributed by atoms with Gasteiger partial charge in [0, 0.05) is 17.7 Å². The van der Waals surface area contributed by atoms with Crippen molar-refractivity contribution in [1.29, 1.82) is 0 Å². The Hall–Kier alpha value is -0.710. The Morgan fingerprint density at radius 1 is 1.50 bits per heavy atom. The molecule has 0 radical (unpaired) electrons. The van der Waals surface area contributed by atoms with Gasteiger partial charge in [-0.15, -0.1) is 0 Å². The van der Waals surface area contributed by atoms with Crippen molar-refractivity contribution in [2.75, 3.05) is 12.0 Å². The molecule has 1 fully saturated rings. The van der Waals surface area contributed by atoms with E-state index < -0.39 is 5.97 Å². The molecule has 0 aromatic heterocycles. The minimum atomic E-state index is -0.742. The van der Waals surface area contributed by atoms with Crippen LogP contribution >= 0.6 is 11.8 Å². The lowest BCUT2D eigenvalue weighted by Gasteiger charge is -2.16. The molecule has 0 spiro atoms. The van der Waals surface area contributed by atoms with Crippen LogP contribution in [0.25, 0.3) is 0 Å². The summed E-state index contributed by atoms with van der Waals surface area (Å²) >= 11 is 1.65. The van der Waals surface area contributed by atoms with E-state index in [2.05, 4.69) is 5.32 Å². The standard InChI is InChI=1S/C11H19NO3S/c1-7(6-16-2)10(13)12-9-4-3-8(5-9)11(14)15/h7-9H,3-6H2,1-2H3,(H,12,13)(H,14,15)/t7?,8-,9+/m0/s1. The van der Waals surface area contributed by atoms with Crippen molar-refractivity contribution in [2.24, 2.45) is 11.8 Å². The molecular formula is C11H19NO3S. The van der Waals surface area contributed by atoms with Crippen LogP contribution in [-0.2, 0) is 9.59 Å². The van der Waals surface area contributed by atoms with E-state index in [-0.39, 0.29) is 23.8 Å². The Morgan fingerprint density at radius 3 is 2.69 bits per heavy atom. The van der Waals surface area contributed by atoms with Crippen LogP contribution in [0.15, 0.2) is 0 Å². The predicted octanol–water partition coefficient (Wildman–Crippen LogP) is 1.35. The maximum Gasteiger partial charge on any atom is 0.306 e. The van der Waals surface area contributed by atoms with E-state index >= 15 is 0 Å². The SMILES string of the molecule is CSCC(C)C(=O)N[C@@H]1CC[C@H](C(=O)O)C1. The molecule has 0 saturated heterocycles. The summed E-state index contributed by atoms with van der Waals surface area (Å²) in [5.74, 6) is -0.166. The highest BCUT2D eigenvalue weighted by Gasteiger charge is 2.31. The van der Waals surface area contributed by atoms with Crippen molar-refractivity contribution in [3.8, 4) is 0 Å². The molecule has 1 unspecified atom stereocenters. The van der Waals surface area contributed by atoms with Gasteiger partial charge >= 0.3 is 5.97 Å². The van der Waals surface area contributed by atoms with Crippen LogP contribution in [0.5, 0.6) is 0 Å². The quantitative estimate of drug-likeness (QED) is 0.767. The third kappa shape index (κ3) is 3.70. The van der Waals surface area contributed by atoms with Crippen molar-refractivity contribution in [2.45, 2.75) is 32.2 Å². The normalized spacial score (nSPS) is 26.4. The molecule has 0 aliphatic heterocycles. The van der Waals surface area contributed by atoms with Crippen LogP contribution in [0.2, 0.25) is 0 Å². The average Bonchev–Trinajstić information content (AvgIpc) is 2.66. The van der Waals surface area contributed by atoms with Gasteiger partial charge < -0.3 is 10.4 Å². The van der Waals surface area contributed by atoms with Gasteiger partial charge in [0.15, 0.2) is 0 Å². The molecule has 5 heteroatoms. The molecule has 1 saturated carbocycles. The molecule has 16 heavy (non-hydrogen) atoms. The molecule has 1 aliphatic carbocycles. The highest BCUT2D eigenvalue weighted by atomic mass is 32.2. The lowest BCUT2D eigenvalue weighted by Crippen LogP contribution is -2.37. The molecule has 1 rings (SSSR count). The Morgan fingerprint density at radius 2 is 2.19 bits per heavy atom. The number of thioether (sulfide) groups is 1. The number of amides is 1. The number of carbonyl (C=O) groups excluding carboxylic acids is 1. The summed E-state index contributed by atoms with van der Waals surface area (Å²) < 4.78 is 0. The van der Waals surface area contributed by atoms with Gasteiger partial charge in [0.2, 0.25) is 5.91 Å². The van der Waals surface area contributed by atoms with Gasteiger partial charge in [-0.05, 0) is 25.5 Å². The van der Waals surface area contributed by atoms with Crippen molar-refractivity contribution < 1.29 is 14.7 Å². The monoisotopic (exact) mass is 245 g/mol. The number of rotatable bonds is 5. The number of carboxylic acid groups (broad SMARTS) is 1. The number of aliphatic carboxylic acids is 1. The number of nitrogens with one attached hydrogen (secondary N) is 1. The Balaban J connectivity index is 2.33. The topological polar surface area (TPSA) is 66.4 Å². The Bertz CT molecular complexity index is 270. The third-order valence-electron chi connectivity index (χ3n) is 2.99. The number of carboxylic acids is 1. The summed E-state index contributed by atoms with van der Waals surface area (Å²) in [7, 11) is 0. The summed E-state index contributed by atoms with van der Waals surface area (Å²) in [4.78, 5) is 22.4. The zero-order valence-corrected chi connectivity index (χ0v) is 10.5. The van der Waals surface area contributed by atoms with Gasteiger partial charge in [-0.2, -0.15) is 11.8 Å². The number of hydrogen-bond donors (Lipinski definition) is 2. The first-order chi connectivity index (χ1) is 7.54. The van der Waals surface area contributed by atoms with Gasteiger partial charge in [-0.3, -0.25) is 9.59 Å². The second kappa shape index (κ2) is 6.13. The van der Waals surface area contributed by atoms with Crippen molar-refractivity contribution >= 4 is 23.6 Å². The molecule has 0 heterocycles. The van der Waals surface area contributed by atoms with E-state index in [0.717, 1.165) is 12.2 Å². The molecule has 0 aromatic carbocycles. The van der Waals surface area contributed by atoms with Crippen LogP contribution in [0, 0.1) is 11.8 Å². The third-order valence-corrected chi connectivity index (χ3v) is 3.83. The lowest BCUT2D eigenvalue weighted by atomic mass is 10.1. The maximum absolute atomic E-state index is 11.7. The first-order valence-electron chi connectivity index (χ1n) is 5.56. The fraction of sp³-hybridized carbons (Fsp3) is 0.818. The molecule has 0 aromatic rings. The van der Waals surface area contributed by atoms with Gasteiger partial charge in [0.1, 0.15) is 0 Å². The average molecular weight is 245 g/mol. The number of hydrogen-bond acceptors (Lipinski definition) is 3. The van der Waals surface area contributed by atoms with Gasteiger partial charge in [0.25, 0.3) is 0 Å². The fourth-order valence-corrected chi connectivity index (χ4v) is 2.66. The zero-order valence-electron chi connectivity index (χ0n) is 9.73. The second-order valence-corrected chi connectivity index (χ2v) is 5.32. The summed E-state index contributed by atoms with van der Waals surface area (Å²) in [6, 6.07) is 0.0536. The van der Waals surface area contributed by atoms with E-state index in [4.69, 9.17) is 5.11 Å². The van der Waals surface area contributed by atoms with E-state index in [9.17, 15) is 9.59 Å². The summed E-state index contributed by atoms with van der Waals surface area (Å²) in [6.07, 6.45) is 4.01. The van der Waals surface area contributed by atoms with Crippen LogP contribution in [0.4, 0.5) is 0 Å². The molecule has 1 amide bonds. The van der Waals surface area contributed by atoms with Crippen molar-refractivity contribution in [3.63, 3.8) is 0 Å². The van der Waals surface area contributed by atoms with Crippen LogP contribution < -0.4 is 5.32 Å². The highest BCUT2D eigenvalue weighted by molar-refractivity contribution is 7.98. The van der Waals surface area contributed by atoms with Crippen LogP contribution in [0.1, 0.15) is 26.2 Å². The molecule has 0 bridgehead atoms. The van der Waals surface area contributed by atoms with Gasteiger partial charge in [-0.25, -0.2) is 0 Å². The van der Waals surface area contributed by atoms with E-state index in [1.165, 1.54) is 0 Å². The summed E-state index contributed by atoms with van der Waals surface area (Å²) in [5, 5.41) is 11.8. The van der Waals surface area contributed by atoms with E-state index in [1.54, 1.807) is 11.8 Å². The first kappa shape index (κ1) is 13.4. The fourth-order valence-electron chi connectivity index (χ4n) is 2.01. The molecule has 2 N–H and O–H groups in total. The molecule has 1 aliphatic rings. The smallest absolute Gasteiger partial charge is 0.306 e. The lowest BCUT2D eigenvalue weighted by molar-refractivity contribution is -0.141. The van der Waals surface area contributed by atoms with Crippen molar-refractivity contribution in [1.82, 2.24) is 5.32 Å². The van der Waals surface area contributed by atoms with Gasteiger partial charge in [-0.1, -0.05) is 6.92 Å². The van der Waals surface area contributed by atoms with Crippen LogP contribution in [-0.4, -0.2) is 35.0 Å². The Labute approximate surface area is 100 Å². The molecule has 3 atom stereocenters. The van der Waals surface area contributed by atoms with E-state index in [1.807, 2.05) is 13.2 Å². The van der Waals surface area contributed by atoms with Crippen LogP contribution in [0.3, 0.4) is 0 Å². The molecule has 4 nitrogen and oxygen atoms in total. The second-order valence-electron chi connectivity index (χ2n) is 4.41. The summed E-state index contributed by atoms with van der Waals surface area (Å²) in [5.41, 5.74) is 0. The molecule has 92 valence electrons. The predicted molar refractivity (Wildman–Crippen MR) is 64.5 cm³/mol. The van der Waals surface area contributed by atoms with E-state index in [0.29, 0.717) is 12.8 Å². The minimum absolute atomic E-state index is 0.00104. The number of carbonyl (C=O) groups is 2. The molecular weight excluding hydrogens is 226 g/mol.